The van der Waals surface area contributed by atoms with Crippen molar-refractivity contribution in [2.45, 2.75) is 13.3 Å². The summed E-state index contributed by atoms with van der Waals surface area (Å²) in [6, 6.07) is 11.9. The number of aromatic hydroxyl groups is 1. The lowest BCUT2D eigenvalue weighted by atomic mass is 9.97. The van der Waals surface area contributed by atoms with Crippen LogP contribution in [0.4, 0.5) is 4.39 Å². The van der Waals surface area contributed by atoms with Crippen LogP contribution >= 0.6 is 0 Å². The zero-order chi connectivity index (χ0) is 11.5. The first kappa shape index (κ1) is 10.7. The zero-order valence-electron chi connectivity index (χ0n) is 9.07. The largest absolute Gasteiger partial charge is 0.507 e. The monoisotopic (exact) mass is 216 g/mol. The van der Waals surface area contributed by atoms with E-state index in [9.17, 15) is 9.50 Å². The van der Waals surface area contributed by atoms with Gasteiger partial charge in [-0.1, -0.05) is 31.2 Å². The maximum atomic E-state index is 12.9. The first-order valence-corrected chi connectivity index (χ1v) is 5.29. The summed E-state index contributed by atoms with van der Waals surface area (Å²) >= 11 is 0. The van der Waals surface area contributed by atoms with E-state index in [4.69, 9.17) is 0 Å². The lowest BCUT2D eigenvalue weighted by Gasteiger charge is -2.09. The van der Waals surface area contributed by atoms with Crippen molar-refractivity contribution < 1.29 is 9.50 Å². The van der Waals surface area contributed by atoms with E-state index in [1.165, 1.54) is 6.07 Å². The fourth-order valence-electron chi connectivity index (χ4n) is 1.82. The lowest BCUT2D eigenvalue weighted by Crippen LogP contribution is -1.88. The molecule has 0 spiro atoms. The summed E-state index contributed by atoms with van der Waals surface area (Å²) in [5.74, 6) is -0.434. The second-order valence-corrected chi connectivity index (χ2v) is 3.67. The van der Waals surface area contributed by atoms with Crippen LogP contribution in [0.15, 0.2) is 42.5 Å². The van der Waals surface area contributed by atoms with Gasteiger partial charge in [-0.3, -0.25) is 0 Å². The van der Waals surface area contributed by atoms with Crippen LogP contribution in [0.1, 0.15) is 12.5 Å². The van der Waals surface area contributed by atoms with Crippen molar-refractivity contribution in [3.8, 4) is 16.9 Å². The zero-order valence-corrected chi connectivity index (χ0v) is 9.07. The van der Waals surface area contributed by atoms with E-state index in [0.717, 1.165) is 23.6 Å². The summed E-state index contributed by atoms with van der Waals surface area (Å²) < 4.78 is 12.9. The molecule has 1 nitrogen and oxygen atoms in total. The number of benzene rings is 2. The van der Waals surface area contributed by atoms with Crippen LogP contribution in [0.5, 0.6) is 5.75 Å². The van der Waals surface area contributed by atoms with Crippen molar-refractivity contribution in [3.05, 3.63) is 53.8 Å². The normalized spacial score (nSPS) is 10.4. The SMILES string of the molecule is CCc1ccccc1-c1ccc(F)cc1O. The first-order valence-electron chi connectivity index (χ1n) is 5.29. The number of phenols is 1. The van der Waals surface area contributed by atoms with E-state index in [1.54, 1.807) is 6.07 Å². The Bertz CT molecular complexity index is 506. The fraction of sp³-hybridized carbons (Fsp3) is 0.143. The third-order valence-electron chi connectivity index (χ3n) is 2.65. The number of halogens is 1. The van der Waals surface area contributed by atoms with Crippen LogP contribution < -0.4 is 0 Å². The Labute approximate surface area is 94.2 Å². The van der Waals surface area contributed by atoms with Crippen LogP contribution in [-0.4, -0.2) is 5.11 Å². The maximum Gasteiger partial charge on any atom is 0.126 e. The summed E-state index contributed by atoms with van der Waals surface area (Å²) in [5.41, 5.74) is 2.78. The van der Waals surface area contributed by atoms with Gasteiger partial charge in [-0.25, -0.2) is 4.39 Å². The Morgan fingerprint density at radius 2 is 1.81 bits per heavy atom. The van der Waals surface area contributed by atoms with E-state index in [1.807, 2.05) is 24.3 Å². The number of hydrogen-bond donors (Lipinski definition) is 1. The number of aryl methyl sites for hydroxylation is 1. The smallest absolute Gasteiger partial charge is 0.126 e. The molecule has 0 aliphatic heterocycles. The molecule has 0 saturated heterocycles. The van der Waals surface area contributed by atoms with Crippen molar-refractivity contribution in [2.24, 2.45) is 0 Å². The standard InChI is InChI=1S/C14H13FO/c1-2-10-5-3-4-6-12(10)13-8-7-11(15)9-14(13)16/h3-9,16H,2H2,1H3. The minimum Gasteiger partial charge on any atom is -0.507 e. The topological polar surface area (TPSA) is 20.2 Å². The number of phenolic OH excluding ortho intramolecular Hbond substituents is 1. The van der Waals surface area contributed by atoms with Crippen LogP contribution in [0.3, 0.4) is 0 Å². The van der Waals surface area contributed by atoms with Gasteiger partial charge in [0.25, 0.3) is 0 Å². The Kier molecular flexibility index (Phi) is 2.91. The molecular formula is C14H13FO. The van der Waals surface area contributed by atoms with E-state index in [-0.39, 0.29) is 5.75 Å². The van der Waals surface area contributed by atoms with Crippen LogP contribution in [0.25, 0.3) is 11.1 Å². The predicted molar refractivity (Wildman–Crippen MR) is 62.9 cm³/mol. The van der Waals surface area contributed by atoms with Gasteiger partial charge >= 0.3 is 0 Å². The fourth-order valence-corrected chi connectivity index (χ4v) is 1.82. The summed E-state index contributed by atoms with van der Waals surface area (Å²) in [7, 11) is 0. The Morgan fingerprint density at radius 1 is 1.06 bits per heavy atom. The maximum absolute atomic E-state index is 12.9. The predicted octanol–water partition coefficient (Wildman–Crippen LogP) is 3.76. The van der Waals surface area contributed by atoms with E-state index < -0.39 is 5.82 Å². The minimum absolute atomic E-state index is 0.0131. The molecule has 1 N–H and O–H groups in total. The Balaban J connectivity index is 2.58. The third-order valence-corrected chi connectivity index (χ3v) is 2.65. The molecule has 0 radical (unpaired) electrons. The van der Waals surface area contributed by atoms with Gasteiger partial charge in [-0.2, -0.15) is 0 Å². The molecule has 0 aliphatic carbocycles. The second-order valence-electron chi connectivity index (χ2n) is 3.67. The van der Waals surface area contributed by atoms with Gasteiger partial charge in [0.2, 0.25) is 0 Å². The molecule has 0 fully saturated rings. The average molecular weight is 216 g/mol. The first-order chi connectivity index (χ1) is 7.72. The van der Waals surface area contributed by atoms with Crippen LogP contribution in [0.2, 0.25) is 0 Å². The highest BCUT2D eigenvalue weighted by molar-refractivity contribution is 5.73. The lowest BCUT2D eigenvalue weighted by molar-refractivity contribution is 0.471. The van der Waals surface area contributed by atoms with Gasteiger partial charge in [0, 0.05) is 11.6 Å². The summed E-state index contributed by atoms with van der Waals surface area (Å²) in [5, 5.41) is 9.72. The summed E-state index contributed by atoms with van der Waals surface area (Å²) in [6.45, 7) is 2.05. The van der Waals surface area contributed by atoms with Gasteiger partial charge < -0.3 is 5.11 Å². The molecule has 0 atom stereocenters. The quantitative estimate of drug-likeness (QED) is 0.810. The van der Waals surface area contributed by atoms with Gasteiger partial charge in [0.1, 0.15) is 11.6 Å². The van der Waals surface area contributed by atoms with Crippen molar-refractivity contribution in [1.82, 2.24) is 0 Å². The van der Waals surface area contributed by atoms with E-state index in [2.05, 4.69) is 6.92 Å². The molecule has 2 aromatic rings. The van der Waals surface area contributed by atoms with Crippen molar-refractivity contribution in [1.29, 1.82) is 0 Å². The average Bonchev–Trinajstić information content (AvgIpc) is 2.29. The van der Waals surface area contributed by atoms with Gasteiger partial charge in [0.05, 0.1) is 0 Å². The summed E-state index contributed by atoms with van der Waals surface area (Å²) in [6.07, 6.45) is 0.882. The molecule has 0 unspecified atom stereocenters. The van der Waals surface area contributed by atoms with Gasteiger partial charge in [-0.15, -0.1) is 0 Å². The molecule has 2 rings (SSSR count). The molecule has 0 saturated carbocycles. The van der Waals surface area contributed by atoms with Crippen LogP contribution in [0, 0.1) is 5.82 Å². The third kappa shape index (κ3) is 1.91. The number of hydrogen-bond acceptors (Lipinski definition) is 1. The molecule has 0 aliphatic rings. The van der Waals surface area contributed by atoms with Crippen molar-refractivity contribution in [3.63, 3.8) is 0 Å². The van der Waals surface area contributed by atoms with E-state index in [0.29, 0.717) is 5.56 Å². The molecule has 0 bridgehead atoms. The Morgan fingerprint density at radius 3 is 2.50 bits per heavy atom. The van der Waals surface area contributed by atoms with Gasteiger partial charge in [-0.05, 0) is 29.7 Å². The highest BCUT2D eigenvalue weighted by atomic mass is 19.1. The van der Waals surface area contributed by atoms with Crippen molar-refractivity contribution in [2.75, 3.05) is 0 Å². The molecule has 0 amide bonds. The molecule has 0 aromatic heterocycles. The van der Waals surface area contributed by atoms with Crippen molar-refractivity contribution >= 4 is 0 Å². The minimum atomic E-state index is -0.421. The highest BCUT2D eigenvalue weighted by Gasteiger charge is 2.08. The molecule has 0 heterocycles. The molecular weight excluding hydrogens is 203 g/mol. The van der Waals surface area contributed by atoms with Gasteiger partial charge in [0.15, 0.2) is 0 Å². The molecule has 2 aromatic carbocycles. The molecule has 82 valence electrons. The van der Waals surface area contributed by atoms with Crippen LogP contribution in [-0.2, 0) is 6.42 Å². The molecule has 2 heteroatoms. The Hall–Kier alpha value is -1.83. The second kappa shape index (κ2) is 4.35. The highest BCUT2D eigenvalue weighted by Crippen LogP contribution is 2.32. The molecule has 16 heavy (non-hydrogen) atoms. The van der Waals surface area contributed by atoms with E-state index >= 15 is 0 Å². The summed E-state index contributed by atoms with van der Waals surface area (Å²) in [4.78, 5) is 0. The number of rotatable bonds is 2.